The molecule has 0 saturated carbocycles. The Morgan fingerprint density at radius 1 is 1.19 bits per heavy atom. The molecule has 0 fully saturated rings. The van der Waals surface area contributed by atoms with Gasteiger partial charge in [-0.05, 0) is 5.56 Å². The number of carbonyl (C=O) groups excluding carboxylic acids is 1. The predicted octanol–water partition coefficient (Wildman–Crippen LogP) is 2.29. The van der Waals surface area contributed by atoms with Crippen LogP contribution in [-0.2, 0) is 6.42 Å². The summed E-state index contributed by atoms with van der Waals surface area (Å²) in [5, 5.41) is 2.52. The maximum Gasteiger partial charge on any atom is 0.268 e. The zero-order chi connectivity index (χ0) is 14.7. The first kappa shape index (κ1) is 13.4. The Morgan fingerprint density at radius 2 is 2.00 bits per heavy atom. The van der Waals surface area contributed by atoms with Crippen molar-refractivity contribution in [3.63, 3.8) is 0 Å². The van der Waals surface area contributed by atoms with Crippen molar-refractivity contribution in [1.29, 1.82) is 0 Å². The lowest BCUT2D eigenvalue weighted by Crippen LogP contribution is -2.16. The van der Waals surface area contributed by atoms with Gasteiger partial charge in [0.15, 0.2) is 0 Å². The second-order valence-electron chi connectivity index (χ2n) is 4.41. The van der Waals surface area contributed by atoms with Crippen LogP contribution in [0.5, 0.6) is 0 Å². The zero-order valence-corrected chi connectivity index (χ0v) is 11.9. The van der Waals surface area contributed by atoms with Crippen LogP contribution in [0.4, 0.5) is 0 Å². The lowest BCUT2D eigenvalue weighted by molar-refractivity contribution is 0.0996. The van der Waals surface area contributed by atoms with E-state index in [1.54, 1.807) is 12.4 Å². The summed E-state index contributed by atoms with van der Waals surface area (Å²) in [4.78, 5) is 24.4. The molecule has 1 aromatic carbocycles. The van der Waals surface area contributed by atoms with Gasteiger partial charge >= 0.3 is 0 Å². The number of nitrogens with two attached hydrogens (primary N) is 1. The van der Waals surface area contributed by atoms with Gasteiger partial charge in [0.25, 0.3) is 5.91 Å². The van der Waals surface area contributed by atoms with Gasteiger partial charge in [0.2, 0.25) is 0 Å². The number of amides is 1. The summed E-state index contributed by atoms with van der Waals surface area (Å²) in [6.07, 6.45) is 3.84. The van der Waals surface area contributed by atoms with Crippen LogP contribution < -0.4 is 5.73 Å². The molecule has 0 aliphatic carbocycles. The van der Waals surface area contributed by atoms with Crippen molar-refractivity contribution < 1.29 is 4.79 Å². The predicted molar refractivity (Wildman–Crippen MR) is 80.9 cm³/mol. The summed E-state index contributed by atoms with van der Waals surface area (Å²) in [5.41, 5.74) is 7.30. The van der Waals surface area contributed by atoms with Crippen molar-refractivity contribution in [2.24, 2.45) is 5.73 Å². The van der Waals surface area contributed by atoms with Crippen molar-refractivity contribution in [1.82, 2.24) is 15.0 Å². The lowest BCUT2D eigenvalue weighted by atomic mass is 10.1. The van der Waals surface area contributed by atoms with Gasteiger partial charge in [-0.15, -0.1) is 11.3 Å². The molecule has 3 aromatic rings. The van der Waals surface area contributed by atoms with E-state index in [0.29, 0.717) is 22.8 Å². The van der Waals surface area contributed by atoms with Gasteiger partial charge in [-0.2, -0.15) is 0 Å². The van der Waals surface area contributed by atoms with E-state index < -0.39 is 5.91 Å². The molecule has 3 rings (SSSR count). The van der Waals surface area contributed by atoms with Crippen LogP contribution in [0.15, 0.2) is 48.1 Å². The number of nitrogens with zero attached hydrogens (tertiary/aromatic N) is 3. The SMILES string of the molecule is NC(=O)c1nc(Cc2ccccc2)ncc1-c1nccs1. The smallest absolute Gasteiger partial charge is 0.268 e. The van der Waals surface area contributed by atoms with E-state index in [2.05, 4.69) is 15.0 Å². The standard InChI is InChI=1S/C15H12N4OS/c16-14(20)13-11(15-17-6-7-21-15)9-18-12(19-13)8-10-4-2-1-3-5-10/h1-7,9H,8H2,(H2,16,20). The highest BCUT2D eigenvalue weighted by Gasteiger charge is 2.15. The van der Waals surface area contributed by atoms with Gasteiger partial charge in [-0.25, -0.2) is 15.0 Å². The monoisotopic (exact) mass is 296 g/mol. The number of primary amides is 1. The van der Waals surface area contributed by atoms with E-state index in [1.807, 2.05) is 35.7 Å². The number of hydrogen-bond donors (Lipinski definition) is 1. The fourth-order valence-electron chi connectivity index (χ4n) is 1.98. The number of carbonyl (C=O) groups is 1. The Bertz CT molecular complexity index is 757. The van der Waals surface area contributed by atoms with Gasteiger partial charge in [0.05, 0.1) is 5.56 Å². The molecule has 0 aliphatic heterocycles. The summed E-state index contributed by atoms with van der Waals surface area (Å²) in [5.74, 6) is -0.00721. The van der Waals surface area contributed by atoms with Gasteiger partial charge in [0.1, 0.15) is 16.5 Å². The molecule has 0 spiro atoms. The van der Waals surface area contributed by atoms with Crippen LogP contribution in [-0.4, -0.2) is 20.9 Å². The fourth-order valence-corrected chi connectivity index (χ4v) is 2.63. The quantitative estimate of drug-likeness (QED) is 0.801. The van der Waals surface area contributed by atoms with E-state index >= 15 is 0 Å². The molecular weight excluding hydrogens is 284 g/mol. The van der Waals surface area contributed by atoms with Gasteiger partial charge < -0.3 is 5.73 Å². The average Bonchev–Trinajstić information content (AvgIpc) is 3.02. The normalized spacial score (nSPS) is 10.5. The number of benzene rings is 1. The molecular formula is C15H12N4OS. The molecule has 1 amide bonds. The molecule has 21 heavy (non-hydrogen) atoms. The molecule has 0 bridgehead atoms. The summed E-state index contributed by atoms with van der Waals surface area (Å²) in [7, 11) is 0. The number of rotatable bonds is 4. The molecule has 2 N–H and O–H groups in total. The van der Waals surface area contributed by atoms with Crippen LogP contribution in [0, 0.1) is 0 Å². The number of thiazole rings is 1. The maximum atomic E-state index is 11.6. The fraction of sp³-hybridized carbons (Fsp3) is 0.0667. The minimum Gasteiger partial charge on any atom is -0.364 e. The first-order valence-corrected chi connectivity index (χ1v) is 7.21. The second-order valence-corrected chi connectivity index (χ2v) is 5.31. The van der Waals surface area contributed by atoms with E-state index in [0.717, 1.165) is 5.56 Å². The van der Waals surface area contributed by atoms with Crippen molar-refractivity contribution in [3.05, 3.63) is 65.2 Å². The molecule has 5 nitrogen and oxygen atoms in total. The lowest BCUT2D eigenvalue weighted by Gasteiger charge is -2.06. The highest BCUT2D eigenvalue weighted by Crippen LogP contribution is 2.24. The van der Waals surface area contributed by atoms with Gasteiger partial charge in [-0.1, -0.05) is 30.3 Å². The zero-order valence-electron chi connectivity index (χ0n) is 11.1. The van der Waals surface area contributed by atoms with E-state index in [-0.39, 0.29) is 5.69 Å². The van der Waals surface area contributed by atoms with E-state index in [9.17, 15) is 4.79 Å². The van der Waals surface area contributed by atoms with Crippen molar-refractivity contribution in [3.8, 4) is 10.6 Å². The Hall–Kier alpha value is -2.60. The summed E-state index contributed by atoms with van der Waals surface area (Å²) in [6.45, 7) is 0. The molecule has 0 aliphatic rings. The maximum absolute atomic E-state index is 11.6. The second kappa shape index (κ2) is 5.80. The minimum absolute atomic E-state index is 0.214. The number of aromatic nitrogens is 3. The van der Waals surface area contributed by atoms with E-state index in [1.165, 1.54) is 11.3 Å². The largest absolute Gasteiger partial charge is 0.364 e. The van der Waals surface area contributed by atoms with Crippen LogP contribution in [0.3, 0.4) is 0 Å². The van der Waals surface area contributed by atoms with Crippen LogP contribution >= 0.6 is 11.3 Å². The molecule has 0 radical (unpaired) electrons. The van der Waals surface area contributed by atoms with Crippen molar-refractivity contribution >= 4 is 17.2 Å². The highest BCUT2D eigenvalue weighted by molar-refractivity contribution is 7.13. The Balaban J connectivity index is 1.98. The van der Waals surface area contributed by atoms with Crippen molar-refractivity contribution in [2.45, 2.75) is 6.42 Å². The Kier molecular flexibility index (Phi) is 3.70. The van der Waals surface area contributed by atoms with Crippen LogP contribution in [0.25, 0.3) is 10.6 Å². The summed E-state index contributed by atoms with van der Waals surface area (Å²) < 4.78 is 0. The van der Waals surface area contributed by atoms with Gasteiger partial charge in [-0.3, -0.25) is 4.79 Å². The molecule has 0 saturated heterocycles. The Morgan fingerprint density at radius 3 is 2.67 bits per heavy atom. The van der Waals surface area contributed by atoms with Crippen LogP contribution in [0.2, 0.25) is 0 Å². The first-order chi connectivity index (χ1) is 10.2. The third-order valence-electron chi connectivity index (χ3n) is 2.94. The Labute approximate surface area is 125 Å². The average molecular weight is 296 g/mol. The molecule has 104 valence electrons. The molecule has 2 heterocycles. The summed E-state index contributed by atoms with van der Waals surface area (Å²) in [6, 6.07) is 9.83. The topological polar surface area (TPSA) is 81.8 Å². The molecule has 0 unspecified atom stereocenters. The highest BCUT2D eigenvalue weighted by atomic mass is 32.1. The van der Waals surface area contributed by atoms with Gasteiger partial charge in [0, 0.05) is 24.2 Å². The minimum atomic E-state index is -0.572. The van der Waals surface area contributed by atoms with E-state index in [4.69, 9.17) is 5.73 Å². The molecule has 6 heteroatoms. The third-order valence-corrected chi connectivity index (χ3v) is 3.75. The van der Waals surface area contributed by atoms with Crippen molar-refractivity contribution in [2.75, 3.05) is 0 Å². The third kappa shape index (κ3) is 2.95. The molecule has 2 aromatic heterocycles. The summed E-state index contributed by atoms with van der Waals surface area (Å²) >= 11 is 1.42. The first-order valence-electron chi connectivity index (χ1n) is 6.33. The molecule has 0 atom stereocenters. The van der Waals surface area contributed by atoms with Crippen LogP contribution in [0.1, 0.15) is 21.9 Å². The number of hydrogen-bond acceptors (Lipinski definition) is 5.